The molecule has 0 saturated heterocycles. The van der Waals surface area contributed by atoms with Crippen molar-refractivity contribution in [2.75, 3.05) is 5.75 Å². The van der Waals surface area contributed by atoms with Gasteiger partial charge >= 0.3 is 0 Å². The van der Waals surface area contributed by atoms with E-state index in [0.717, 1.165) is 0 Å². The summed E-state index contributed by atoms with van der Waals surface area (Å²) in [4.78, 5) is 2.10. The van der Waals surface area contributed by atoms with E-state index in [2.05, 4.69) is 9.93 Å². The third-order valence-corrected chi connectivity index (χ3v) is 3.10. The minimum Gasteiger partial charge on any atom is -0.508 e. The number of rotatable bonds is 5. The highest BCUT2D eigenvalue weighted by Crippen LogP contribution is 2.07. The van der Waals surface area contributed by atoms with Crippen LogP contribution in [0.25, 0.3) is 0 Å². The molecule has 0 aliphatic heterocycles. The Bertz CT molecular complexity index is 451. The van der Waals surface area contributed by atoms with Crippen LogP contribution in [0.1, 0.15) is 18.9 Å². The highest BCUT2D eigenvalue weighted by molar-refractivity contribution is 7.89. The summed E-state index contributed by atoms with van der Waals surface area (Å²) in [5.41, 5.74) is 0.706. The molecule has 2 N–H and O–H groups in total. The molecule has 5 nitrogen and oxygen atoms in total. The summed E-state index contributed by atoms with van der Waals surface area (Å²) >= 11 is 0. The van der Waals surface area contributed by atoms with E-state index in [0.29, 0.717) is 12.0 Å². The van der Waals surface area contributed by atoms with E-state index in [4.69, 9.17) is 5.11 Å². The third-order valence-electron chi connectivity index (χ3n) is 1.77. The first-order chi connectivity index (χ1) is 7.53. The Balaban J connectivity index is 2.58. The molecule has 1 rings (SSSR count). The SMILES string of the molecule is CCCS(=O)(=O)NN=Cc1ccc(O)cc1. The Morgan fingerprint density at radius 2 is 2.00 bits per heavy atom. The van der Waals surface area contributed by atoms with Crippen molar-refractivity contribution in [3.8, 4) is 5.75 Å². The van der Waals surface area contributed by atoms with Crippen molar-refractivity contribution >= 4 is 16.2 Å². The molecule has 0 saturated carbocycles. The van der Waals surface area contributed by atoms with Gasteiger partial charge in [0, 0.05) is 0 Å². The summed E-state index contributed by atoms with van der Waals surface area (Å²) < 4.78 is 22.4. The quantitative estimate of drug-likeness (QED) is 0.598. The summed E-state index contributed by atoms with van der Waals surface area (Å²) in [6, 6.07) is 6.27. The second-order valence-electron chi connectivity index (χ2n) is 3.26. The van der Waals surface area contributed by atoms with Gasteiger partial charge in [0.25, 0.3) is 0 Å². The number of aromatic hydroxyl groups is 1. The molecule has 0 radical (unpaired) electrons. The first-order valence-corrected chi connectivity index (χ1v) is 6.50. The fourth-order valence-corrected chi connectivity index (χ4v) is 1.90. The van der Waals surface area contributed by atoms with Gasteiger partial charge in [-0.25, -0.2) is 13.2 Å². The number of nitrogens with zero attached hydrogens (tertiary/aromatic N) is 1. The van der Waals surface area contributed by atoms with Crippen LogP contribution in [0.3, 0.4) is 0 Å². The molecule has 0 aliphatic carbocycles. The van der Waals surface area contributed by atoms with Crippen LogP contribution in [-0.2, 0) is 10.0 Å². The fraction of sp³-hybridized carbons (Fsp3) is 0.300. The molecule has 0 bridgehead atoms. The number of hydrogen-bond acceptors (Lipinski definition) is 4. The predicted molar refractivity (Wildman–Crippen MR) is 62.9 cm³/mol. The number of phenolic OH excluding ortho intramolecular Hbond substituents is 1. The third kappa shape index (κ3) is 4.31. The molecular formula is C10H14N2O3S. The Morgan fingerprint density at radius 1 is 1.38 bits per heavy atom. The molecule has 16 heavy (non-hydrogen) atoms. The van der Waals surface area contributed by atoms with Gasteiger partial charge in [0.2, 0.25) is 10.0 Å². The van der Waals surface area contributed by atoms with Gasteiger partial charge in [-0.1, -0.05) is 6.92 Å². The molecule has 0 heterocycles. The zero-order valence-corrected chi connectivity index (χ0v) is 9.74. The van der Waals surface area contributed by atoms with Gasteiger partial charge in [0.1, 0.15) is 5.75 Å². The van der Waals surface area contributed by atoms with Crippen LogP contribution in [0.4, 0.5) is 0 Å². The molecule has 0 amide bonds. The van der Waals surface area contributed by atoms with Crippen molar-refractivity contribution in [1.29, 1.82) is 0 Å². The topological polar surface area (TPSA) is 78.8 Å². The molecule has 0 unspecified atom stereocenters. The zero-order chi connectivity index (χ0) is 12.0. The van der Waals surface area contributed by atoms with E-state index in [1.807, 2.05) is 0 Å². The van der Waals surface area contributed by atoms with Crippen LogP contribution >= 0.6 is 0 Å². The standard InChI is InChI=1S/C10H14N2O3S/c1-2-7-16(14,15)12-11-8-9-3-5-10(13)6-4-9/h3-6,8,12-13H,2,7H2,1H3. The van der Waals surface area contributed by atoms with Gasteiger partial charge in [0.15, 0.2) is 0 Å². The summed E-state index contributed by atoms with van der Waals surface area (Å²) in [7, 11) is -3.31. The van der Waals surface area contributed by atoms with Crippen molar-refractivity contribution in [3.63, 3.8) is 0 Å². The Morgan fingerprint density at radius 3 is 2.56 bits per heavy atom. The smallest absolute Gasteiger partial charge is 0.247 e. The number of nitrogens with one attached hydrogen (secondary N) is 1. The van der Waals surface area contributed by atoms with Crippen molar-refractivity contribution < 1.29 is 13.5 Å². The minimum atomic E-state index is -3.31. The second-order valence-corrected chi connectivity index (χ2v) is 5.08. The molecule has 0 atom stereocenters. The van der Waals surface area contributed by atoms with Crippen molar-refractivity contribution in [3.05, 3.63) is 29.8 Å². The lowest BCUT2D eigenvalue weighted by Gasteiger charge is -2.00. The number of phenols is 1. The predicted octanol–water partition coefficient (Wildman–Crippen LogP) is 1.06. The van der Waals surface area contributed by atoms with Gasteiger partial charge in [-0.3, -0.25) is 0 Å². The van der Waals surface area contributed by atoms with Crippen LogP contribution in [0, 0.1) is 0 Å². The van der Waals surface area contributed by atoms with Crippen molar-refractivity contribution in [1.82, 2.24) is 4.83 Å². The first-order valence-electron chi connectivity index (χ1n) is 4.85. The summed E-state index contributed by atoms with van der Waals surface area (Å²) in [6.07, 6.45) is 1.93. The fourth-order valence-electron chi connectivity index (χ4n) is 1.06. The molecule has 1 aromatic rings. The molecular weight excluding hydrogens is 228 g/mol. The Hall–Kier alpha value is -1.56. The molecule has 88 valence electrons. The van der Waals surface area contributed by atoms with Crippen LogP contribution in [-0.4, -0.2) is 25.5 Å². The first kappa shape index (κ1) is 12.5. The van der Waals surface area contributed by atoms with Gasteiger partial charge in [-0.05, 0) is 36.2 Å². The lowest BCUT2D eigenvalue weighted by atomic mass is 10.2. The molecule has 6 heteroatoms. The van der Waals surface area contributed by atoms with E-state index in [9.17, 15) is 8.42 Å². The summed E-state index contributed by atoms with van der Waals surface area (Å²) in [5.74, 6) is 0.212. The van der Waals surface area contributed by atoms with E-state index in [1.54, 1.807) is 19.1 Å². The summed E-state index contributed by atoms with van der Waals surface area (Å²) in [5, 5.41) is 12.6. The molecule has 0 aromatic heterocycles. The molecule has 0 fully saturated rings. The van der Waals surface area contributed by atoms with Crippen LogP contribution in [0.2, 0.25) is 0 Å². The minimum absolute atomic E-state index is 0.0555. The van der Waals surface area contributed by atoms with E-state index < -0.39 is 10.0 Å². The normalized spacial score (nSPS) is 11.8. The summed E-state index contributed by atoms with van der Waals surface area (Å²) in [6.45, 7) is 1.78. The van der Waals surface area contributed by atoms with Crippen LogP contribution in [0.15, 0.2) is 29.4 Å². The van der Waals surface area contributed by atoms with E-state index >= 15 is 0 Å². The second kappa shape index (κ2) is 5.50. The van der Waals surface area contributed by atoms with Crippen LogP contribution < -0.4 is 4.83 Å². The lowest BCUT2D eigenvalue weighted by Crippen LogP contribution is -2.21. The monoisotopic (exact) mass is 242 g/mol. The number of hydrazone groups is 1. The average Bonchev–Trinajstić information content (AvgIpc) is 2.20. The number of sulfonamides is 1. The van der Waals surface area contributed by atoms with Gasteiger partial charge < -0.3 is 5.11 Å². The van der Waals surface area contributed by atoms with Gasteiger partial charge in [-0.2, -0.15) is 5.10 Å². The number of benzene rings is 1. The molecule has 0 aliphatic rings. The molecule has 0 spiro atoms. The Kier molecular flexibility index (Phi) is 4.30. The largest absolute Gasteiger partial charge is 0.508 e. The van der Waals surface area contributed by atoms with E-state index in [1.165, 1.54) is 18.3 Å². The highest BCUT2D eigenvalue weighted by Gasteiger charge is 2.04. The maximum absolute atomic E-state index is 11.2. The maximum atomic E-state index is 11.2. The maximum Gasteiger partial charge on any atom is 0.247 e. The van der Waals surface area contributed by atoms with Crippen LogP contribution in [0.5, 0.6) is 5.75 Å². The van der Waals surface area contributed by atoms with Gasteiger partial charge in [0.05, 0.1) is 12.0 Å². The molecule has 1 aromatic carbocycles. The zero-order valence-electron chi connectivity index (χ0n) is 8.92. The van der Waals surface area contributed by atoms with E-state index in [-0.39, 0.29) is 11.5 Å². The number of hydrogen-bond donors (Lipinski definition) is 2. The van der Waals surface area contributed by atoms with Crippen molar-refractivity contribution in [2.24, 2.45) is 5.10 Å². The Labute approximate surface area is 94.9 Å². The lowest BCUT2D eigenvalue weighted by molar-refractivity contribution is 0.475. The average molecular weight is 242 g/mol. The highest BCUT2D eigenvalue weighted by atomic mass is 32.2. The van der Waals surface area contributed by atoms with Crippen molar-refractivity contribution in [2.45, 2.75) is 13.3 Å². The van der Waals surface area contributed by atoms with Gasteiger partial charge in [-0.15, -0.1) is 0 Å².